The highest BCUT2D eigenvalue weighted by Crippen LogP contribution is 2.23. The third-order valence-corrected chi connectivity index (χ3v) is 5.35. The second-order valence-electron chi connectivity index (χ2n) is 6.94. The molecular weight excluding hydrogens is 362 g/mol. The first-order valence-electron chi connectivity index (χ1n) is 8.74. The van der Waals surface area contributed by atoms with Gasteiger partial charge in [-0.3, -0.25) is 23.3 Å². The molecule has 1 atom stereocenters. The van der Waals surface area contributed by atoms with Gasteiger partial charge in [-0.25, -0.2) is 9.59 Å². The van der Waals surface area contributed by atoms with Gasteiger partial charge < -0.3 is 9.47 Å². The fourth-order valence-corrected chi connectivity index (χ4v) is 3.57. The van der Waals surface area contributed by atoms with Crippen molar-refractivity contribution < 1.29 is 0 Å². The van der Waals surface area contributed by atoms with Gasteiger partial charge in [0.1, 0.15) is 0 Å². The molecule has 9 heteroatoms. The third kappa shape index (κ3) is 2.62. The van der Waals surface area contributed by atoms with Crippen LogP contribution >= 0.6 is 0 Å². The molecule has 0 saturated carbocycles. The van der Waals surface area contributed by atoms with E-state index in [4.69, 9.17) is 0 Å². The Morgan fingerprint density at radius 2 is 1.50 bits per heavy atom. The molecule has 3 heterocycles. The lowest BCUT2D eigenvalue weighted by Gasteiger charge is -2.31. The zero-order valence-corrected chi connectivity index (χ0v) is 16.6. The van der Waals surface area contributed by atoms with Crippen molar-refractivity contribution in [2.45, 2.75) is 13.0 Å². The standard InChI is InChI=1S/C19H23N5O4/c1-7-8-24-10-14-12(16(25)22(5)19(28)21(14)4)9-13(24)15-11(2)20(3)18(27)23(6)17(15)26/h7,9-10,13H,1,8H2,2-6H3. The molecular formula is C19H23N5O4. The summed E-state index contributed by atoms with van der Waals surface area (Å²) in [6.07, 6.45) is 5.03. The van der Waals surface area contributed by atoms with Gasteiger partial charge in [0.15, 0.2) is 0 Å². The van der Waals surface area contributed by atoms with Crippen molar-refractivity contribution >= 4 is 12.3 Å². The smallest absolute Gasteiger partial charge is 0.330 e. The Balaban J connectivity index is 2.48. The second-order valence-corrected chi connectivity index (χ2v) is 6.94. The zero-order chi connectivity index (χ0) is 20.9. The van der Waals surface area contributed by atoms with Gasteiger partial charge in [0.25, 0.3) is 11.1 Å². The molecule has 1 aliphatic rings. The number of fused-ring (bicyclic) bond motifs is 1. The summed E-state index contributed by atoms with van der Waals surface area (Å²) in [5.74, 6) is 0. The van der Waals surface area contributed by atoms with Crippen molar-refractivity contribution in [2.75, 3.05) is 6.54 Å². The average molecular weight is 385 g/mol. The van der Waals surface area contributed by atoms with E-state index >= 15 is 0 Å². The van der Waals surface area contributed by atoms with Gasteiger partial charge in [0.05, 0.1) is 22.2 Å². The lowest BCUT2D eigenvalue weighted by Crippen LogP contribution is -2.59. The van der Waals surface area contributed by atoms with Crippen LogP contribution in [0.1, 0.15) is 17.3 Å². The predicted octanol–water partition coefficient (Wildman–Crippen LogP) is -2.45. The number of hydrogen-bond donors (Lipinski definition) is 0. The number of hydrogen-bond acceptors (Lipinski definition) is 5. The quantitative estimate of drug-likeness (QED) is 0.547. The molecule has 2 aromatic heterocycles. The predicted molar refractivity (Wildman–Crippen MR) is 106 cm³/mol. The highest BCUT2D eigenvalue weighted by atomic mass is 16.2. The van der Waals surface area contributed by atoms with Gasteiger partial charge in [-0.1, -0.05) is 6.08 Å². The fraction of sp³-hybridized carbons (Fsp3) is 0.368. The number of rotatable bonds is 3. The van der Waals surface area contributed by atoms with Gasteiger partial charge in [-0.2, -0.15) is 0 Å². The first-order chi connectivity index (χ1) is 13.1. The van der Waals surface area contributed by atoms with E-state index in [2.05, 4.69) is 6.58 Å². The fourth-order valence-electron chi connectivity index (χ4n) is 3.57. The van der Waals surface area contributed by atoms with Crippen molar-refractivity contribution in [3.63, 3.8) is 0 Å². The van der Waals surface area contributed by atoms with Crippen molar-refractivity contribution in [2.24, 2.45) is 28.2 Å². The van der Waals surface area contributed by atoms with Crippen molar-refractivity contribution in [1.29, 1.82) is 0 Å². The number of nitrogens with zero attached hydrogens (tertiary/aromatic N) is 5. The SMILES string of the molecule is C=CCN1C=c2c(c(=O)n(C)c(=O)n2C)=CC1c1c(C)n(C)c(=O)n(C)c1=O. The summed E-state index contributed by atoms with van der Waals surface area (Å²) in [4.78, 5) is 51.9. The van der Waals surface area contributed by atoms with Gasteiger partial charge >= 0.3 is 11.4 Å². The van der Waals surface area contributed by atoms with Crippen LogP contribution in [0.3, 0.4) is 0 Å². The van der Waals surface area contributed by atoms with Crippen LogP contribution in [0.2, 0.25) is 0 Å². The maximum absolute atomic E-state index is 12.9. The molecule has 0 fully saturated rings. The van der Waals surface area contributed by atoms with Crippen molar-refractivity contribution in [3.8, 4) is 0 Å². The summed E-state index contributed by atoms with van der Waals surface area (Å²) in [5, 5.41) is 0.802. The molecule has 148 valence electrons. The first kappa shape index (κ1) is 19.4. The highest BCUT2D eigenvalue weighted by Gasteiger charge is 2.26. The molecule has 1 unspecified atom stereocenters. The van der Waals surface area contributed by atoms with Crippen LogP contribution in [-0.4, -0.2) is 29.7 Å². The minimum atomic E-state index is -0.582. The van der Waals surface area contributed by atoms with E-state index in [-0.39, 0.29) is 0 Å². The van der Waals surface area contributed by atoms with E-state index in [0.717, 1.165) is 9.13 Å². The molecule has 0 saturated heterocycles. The van der Waals surface area contributed by atoms with Crippen LogP contribution in [0.25, 0.3) is 12.3 Å². The molecule has 3 rings (SSSR count). The van der Waals surface area contributed by atoms with Crippen LogP contribution < -0.4 is 33.1 Å². The van der Waals surface area contributed by atoms with Gasteiger partial charge in [0, 0.05) is 46.6 Å². The van der Waals surface area contributed by atoms with Crippen molar-refractivity contribution in [3.05, 3.63) is 76.2 Å². The van der Waals surface area contributed by atoms with Crippen LogP contribution in [0.15, 0.2) is 31.8 Å². The lowest BCUT2D eigenvalue weighted by atomic mass is 10.0. The van der Waals surface area contributed by atoms with Crippen LogP contribution in [0, 0.1) is 6.92 Å². The lowest BCUT2D eigenvalue weighted by molar-refractivity contribution is 0.391. The molecule has 0 radical (unpaired) electrons. The summed E-state index contributed by atoms with van der Waals surface area (Å²) in [6.45, 7) is 5.84. The molecule has 0 amide bonds. The second kappa shape index (κ2) is 6.66. The third-order valence-electron chi connectivity index (χ3n) is 5.35. The van der Waals surface area contributed by atoms with Gasteiger partial charge in [-0.05, 0) is 13.0 Å². The number of aromatic nitrogens is 4. The van der Waals surface area contributed by atoms with E-state index in [1.165, 1.54) is 23.2 Å². The van der Waals surface area contributed by atoms with Crippen LogP contribution in [0.4, 0.5) is 0 Å². The van der Waals surface area contributed by atoms with Crippen LogP contribution in [0.5, 0.6) is 0 Å². The Morgan fingerprint density at radius 1 is 0.929 bits per heavy atom. The molecule has 0 aromatic carbocycles. The molecule has 9 nitrogen and oxygen atoms in total. The van der Waals surface area contributed by atoms with E-state index in [0.29, 0.717) is 28.4 Å². The summed E-state index contributed by atoms with van der Waals surface area (Å²) in [7, 11) is 6.03. The normalized spacial score (nSPS) is 15.6. The molecule has 0 spiro atoms. The van der Waals surface area contributed by atoms with E-state index in [1.54, 1.807) is 39.4 Å². The molecule has 1 aliphatic heterocycles. The van der Waals surface area contributed by atoms with Gasteiger partial charge in [-0.15, -0.1) is 6.58 Å². The molecule has 2 aromatic rings. The van der Waals surface area contributed by atoms with E-state index in [1.807, 2.05) is 4.90 Å². The summed E-state index contributed by atoms with van der Waals surface area (Å²) >= 11 is 0. The summed E-state index contributed by atoms with van der Waals surface area (Å²) in [6, 6.07) is -0.582. The molecule has 28 heavy (non-hydrogen) atoms. The average Bonchev–Trinajstić information content (AvgIpc) is 2.68. The topological polar surface area (TPSA) is 91.2 Å². The minimum Gasteiger partial charge on any atom is -0.361 e. The summed E-state index contributed by atoms with van der Waals surface area (Å²) in [5.41, 5.74) is -0.794. The largest absolute Gasteiger partial charge is 0.361 e. The zero-order valence-electron chi connectivity index (χ0n) is 16.6. The Labute approximate surface area is 160 Å². The Kier molecular flexibility index (Phi) is 4.62. The Morgan fingerprint density at radius 3 is 2.11 bits per heavy atom. The molecule has 0 N–H and O–H groups in total. The highest BCUT2D eigenvalue weighted by molar-refractivity contribution is 5.46. The van der Waals surface area contributed by atoms with E-state index in [9.17, 15) is 19.2 Å². The first-order valence-corrected chi connectivity index (χ1v) is 8.74. The Hall–Kier alpha value is -3.36. The van der Waals surface area contributed by atoms with Crippen LogP contribution in [-0.2, 0) is 28.2 Å². The maximum Gasteiger partial charge on any atom is 0.330 e. The molecule has 0 aliphatic carbocycles. The Bertz CT molecular complexity index is 1350. The van der Waals surface area contributed by atoms with Gasteiger partial charge in [0.2, 0.25) is 0 Å². The maximum atomic E-state index is 12.9. The van der Waals surface area contributed by atoms with Crippen molar-refractivity contribution in [1.82, 2.24) is 23.2 Å². The van der Waals surface area contributed by atoms with E-state index < -0.39 is 28.5 Å². The summed E-state index contributed by atoms with van der Waals surface area (Å²) < 4.78 is 4.89. The monoisotopic (exact) mass is 385 g/mol. The molecule has 0 bridgehead atoms. The minimum absolute atomic E-state index is 0.338.